The van der Waals surface area contributed by atoms with Gasteiger partial charge in [-0.05, 0) is 0 Å². The molecule has 0 aliphatic heterocycles. The first-order chi connectivity index (χ1) is 2.56. The molecule has 0 aromatic rings. The van der Waals surface area contributed by atoms with Gasteiger partial charge in [-0.3, -0.25) is 4.55 Å². The second-order valence-corrected chi connectivity index (χ2v) is 3.60. The molecule has 0 aromatic heterocycles. The van der Waals surface area contributed by atoms with Gasteiger partial charge >= 0.3 is 0 Å². The molecule has 0 aliphatic carbocycles. The lowest BCUT2D eigenvalue weighted by Crippen LogP contribution is -2.08. The number of rotatable bonds is 1. The lowest BCUT2D eigenvalue weighted by molar-refractivity contribution is 0.560. The lowest BCUT2D eigenvalue weighted by atomic mass is 13.9. The van der Waals surface area contributed by atoms with Gasteiger partial charge in [0.1, 0.15) is 0 Å². The molecule has 0 heterocycles. The Kier molecular flexibility index (Phi) is 2.30. The highest BCUT2D eigenvalue weighted by Crippen LogP contribution is 1.71. The van der Waals surface area contributed by atoms with Crippen LogP contribution in [0.5, 0.6) is 0 Å². The summed E-state index contributed by atoms with van der Waals surface area (Å²) in [5.74, 6) is 0. The van der Waals surface area contributed by atoms with Gasteiger partial charge in [0.25, 0.3) is 0 Å². The highest BCUT2D eigenvalue weighted by molar-refractivity contribution is 8.31. The summed E-state index contributed by atoms with van der Waals surface area (Å²) in [6.07, 6.45) is 0. The van der Waals surface area contributed by atoms with Gasteiger partial charge in [-0.2, -0.15) is 4.13 Å². The minimum Gasteiger partial charge on any atom is -0.293 e. The zero-order valence-electron chi connectivity index (χ0n) is 2.62. The molecule has 0 aromatic carbocycles. The first-order valence-corrected chi connectivity index (χ1v) is 3.83. The highest BCUT2D eigenvalue weighted by Gasteiger charge is 1.86. The number of hydrogen-bond donors (Lipinski definition) is 3. The predicted octanol–water partition coefficient (Wildman–Crippen LogP) is -0.445. The minimum absolute atomic E-state index is 1.70. The van der Waals surface area contributed by atoms with Gasteiger partial charge in [0, 0.05) is 11.2 Å². The molecule has 0 aliphatic rings. The van der Waals surface area contributed by atoms with E-state index < -0.39 is 8.96 Å². The Morgan fingerprint density at radius 2 is 2.17 bits per heavy atom. The van der Waals surface area contributed by atoms with Crippen molar-refractivity contribution in [2.24, 2.45) is 0 Å². The fourth-order valence-electron chi connectivity index (χ4n) is 0. The number of thiol groups is 1. The van der Waals surface area contributed by atoms with E-state index in [0.717, 1.165) is 0 Å². The molecule has 1 unspecified atom stereocenters. The maximum atomic E-state index is 9.74. The molecule has 0 fully saturated rings. The SMILES string of the molecule is O=S(O)(=S)NS. The predicted molar refractivity (Wildman–Crippen MR) is 30.3 cm³/mol. The Hall–Kier alpha value is 0.640. The molecule has 1 atom stereocenters. The lowest BCUT2D eigenvalue weighted by Gasteiger charge is -1.86. The van der Waals surface area contributed by atoms with E-state index in [1.54, 1.807) is 4.13 Å². The normalized spacial score (nSPS) is 19.7. The smallest absolute Gasteiger partial charge is 0.216 e. The van der Waals surface area contributed by atoms with E-state index >= 15 is 0 Å². The van der Waals surface area contributed by atoms with Crippen LogP contribution in [0.15, 0.2) is 0 Å². The van der Waals surface area contributed by atoms with Crippen molar-refractivity contribution in [3.63, 3.8) is 0 Å². The van der Waals surface area contributed by atoms with Crippen LogP contribution in [0.2, 0.25) is 0 Å². The monoisotopic (exact) mass is 145 g/mol. The number of hydrogen-bond acceptors (Lipinski definition) is 3. The average molecular weight is 145 g/mol. The third-order valence-electron chi connectivity index (χ3n) is 0.115. The van der Waals surface area contributed by atoms with Crippen molar-refractivity contribution in [2.75, 3.05) is 0 Å². The molecule has 38 valence electrons. The summed E-state index contributed by atoms with van der Waals surface area (Å²) in [7, 11) is -3.21. The maximum Gasteiger partial charge on any atom is 0.216 e. The third kappa shape index (κ3) is 4.64. The topological polar surface area (TPSA) is 49.3 Å². The van der Waals surface area contributed by atoms with E-state index in [0.29, 0.717) is 0 Å². The fraction of sp³-hybridized carbons (Fsp3) is 0. The highest BCUT2D eigenvalue weighted by atomic mass is 32.9. The number of nitrogens with one attached hydrogen (secondary N) is 1. The molecule has 0 amide bonds. The molecule has 2 N–H and O–H groups in total. The van der Waals surface area contributed by atoms with Crippen LogP contribution in [-0.4, -0.2) is 8.76 Å². The summed E-state index contributed by atoms with van der Waals surface area (Å²) >= 11 is 7.10. The molecule has 0 rings (SSSR count). The van der Waals surface area contributed by atoms with E-state index in [2.05, 4.69) is 24.0 Å². The molecular formula is H3NO2S3. The summed E-state index contributed by atoms with van der Waals surface area (Å²) in [6, 6.07) is 0. The van der Waals surface area contributed by atoms with Gasteiger partial charge in [0.2, 0.25) is 8.96 Å². The van der Waals surface area contributed by atoms with Gasteiger partial charge in [-0.1, -0.05) is 12.8 Å². The maximum absolute atomic E-state index is 9.74. The molecule has 0 bridgehead atoms. The average Bonchev–Trinajstić information content (AvgIpc) is 1.35. The van der Waals surface area contributed by atoms with Crippen LogP contribution >= 0.6 is 12.8 Å². The van der Waals surface area contributed by atoms with Gasteiger partial charge in [-0.15, -0.1) is 0 Å². The van der Waals surface area contributed by atoms with Crippen molar-refractivity contribution in [3.8, 4) is 0 Å². The largest absolute Gasteiger partial charge is 0.293 e. The molecular weight excluding hydrogens is 142 g/mol. The standard InChI is InChI=1S/H3NO2S3/c2-6(3,5)1-4/h1,4H,(H,2,3,5). The Bertz CT molecular complexity index is 111. The van der Waals surface area contributed by atoms with Crippen molar-refractivity contribution in [1.82, 2.24) is 4.13 Å². The van der Waals surface area contributed by atoms with Gasteiger partial charge in [-0.25, -0.2) is 4.21 Å². The molecule has 6 heteroatoms. The molecule has 0 saturated heterocycles. The van der Waals surface area contributed by atoms with Crippen LogP contribution in [0, 0.1) is 0 Å². The second-order valence-electron chi connectivity index (χ2n) is 0.566. The first-order valence-electron chi connectivity index (χ1n) is 0.944. The molecule has 0 saturated carbocycles. The van der Waals surface area contributed by atoms with Crippen LogP contribution in [0.1, 0.15) is 0 Å². The molecule has 0 spiro atoms. The summed E-state index contributed by atoms with van der Waals surface area (Å²) in [5, 5.41) is 0. The van der Waals surface area contributed by atoms with E-state index in [1.807, 2.05) is 0 Å². The van der Waals surface area contributed by atoms with Crippen LogP contribution in [0.3, 0.4) is 0 Å². The first kappa shape index (κ1) is 6.64. The van der Waals surface area contributed by atoms with Crippen molar-refractivity contribution < 1.29 is 8.76 Å². The molecule has 0 radical (unpaired) electrons. The van der Waals surface area contributed by atoms with Crippen molar-refractivity contribution >= 4 is 33.0 Å². The summed E-state index contributed by atoms with van der Waals surface area (Å²) < 4.78 is 19.4. The third-order valence-corrected chi connectivity index (χ3v) is 1.71. The van der Waals surface area contributed by atoms with Crippen LogP contribution in [-0.2, 0) is 20.1 Å². The van der Waals surface area contributed by atoms with E-state index in [-0.39, 0.29) is 0 Å². The van der Waals surface area contributed by atoms with E-state index in [4.69, 9.17) is 4.55 Å². The summed E-state index contributed by atoms with van der Waals surface area (Å²) in [4.78, 5) is 0. The Morgan fingerprint density at radius 1 is 2.00 bits per heavy atom. The quantitative estimate of drug-likeness (QED) is 0.438. The van der Waals surface area contributed by atoms with Crippen LogP contribution in [0.4, 0.5) is 0 Å². The van der Waals surface area contributed by atoms with Gasteiger partial charge in [0.15, 0.2) is 0 Å². The van der Waals surface area contributed by atoms with Gasteiger partial charge < -0.3 is 0 Å². The second kappa shape index (κ2) is 2.08. The van der Waals surface area contributed by atoms with Crippen molar-refractivity contribution in [2.45, 2.75) is 0 Å². The summed E-state index contributed by atoms with van der Waals surface area (Å²) in [6.45, 7) is 0. The Balaban J connectivity index is 3.85. The van der Waals surface area contributed by atoms with Crippen LogP contribution in [0.25, 0.3) is 0 Å². The molecule has 6 heavy (non-hydrogen) atoms. The Morgan fingerprint density at radius 3 is 2.17 bits per heavy atom. The van der Waals surface area contributed by atoms with E-state index in [1.165, 1.54) is 0 Å². The van der Waals surface area contributed by atoms with Crippen molar-refractivity contribution in [3.05, 3.63) is 0 Å². The van der Waals surface area contributed by atoms with Gasteiger partial charge in [0.05, 0.1) is 0 Å². The zero-order valence-corrected chi connectivity index (χ0v) is 5.15. The van der Waals surface area contributed by atoms with E-state index in [9.17, 15) is 4.21 Å². The van der Waals surface area contributed by atoms with Crippen molar-refractivity contribution in [1.29, 1.82) is 0 Å². The summed E-state index contributed by atoms with van der Waals surface area (Å²) in [5.41, 5.74) is 0. The van der Waals surface area contributed by atoms with Crippen LogP contribution < -0.4 is 4.13 Å². The molecule has 3 nitrogen and oxygen atoms in total. The zero-order chi connectivity index (χ0) is 5.21. The fourth-order valence-corrected chi connectivity index (χ4v) is 0. The Labute approximate surface area is 46.3 Å². The minimum atomic E-state index is -3.21.